The van der Waals surface area contributed by atoms with Crippen molar-refractivity contribution in [2.45, 2.75) is 13.1 Å². The van der Waals surface area contributed by atoms with Crippen molar-refractivity contribution in [3.05, 3.63) is 79.2 Å². The number of rotatable bonds is 4. The van der Waals surface area contributed by atoms with Crippen LogP contribution in [-0.4, -0.2) is 20.2 Å². The molecule has 6 nitrogen and oxygen atoms in total. The Hall–Kier alpha value is -2.74. The lowest BCUT2D eigenvalue weighted by Crippen LogP contribution is -2.41. The summed E-state index contributed by atoms with van der Waals surface area (Å²) in [6, 6.07) is 10.8. The third kappa shape index (κ3) is 3.25. The van der Waals surface area contributed by atoms with E-state index in [1.165, 1.54) is 22.8 Å². The molecule has 0 unspecified atom stereocenters. The van der Waals surface area contributed by atoms with Gasteiger partial charge in [-0.05, 0) is 24.3 Å². The van der Waals surface area contributed by atoms with Gasteiger partial charge in [0.15, 0.2) is 0 Å². The van der Waals surface area contributed by atoms with Crippen LogP contribution in [0.3, 0.4) is 0 Å². The van der Waals surface area contributed by atoms with Crippen molar-refractivity contribution in [1.82, 2.24) is 9.13 Å². The Morgan fingerprint density at radius 2 is 1.84 bits per heavy atom. The van der Waals surface area contributed by atoms with Crippen LogP contribution < -0.4 is 11.2 Å². The van der Waals surface area contributed by atoms with Crippen molar-refractivity contribution in [2.75, 3.05) is 0 Å². The number of aromatic nitrogens is 2. The molecule has 0 saturated heterocycles. The summed E-state index contributed by atoms with van der Waals surface area (Å²) in [7, 11) is 0. The number of benzene rings is 2. The molecule has 0 aliphatic rings. The summed E-state index contributed by atoms with van der Waals surface area (Å²) in [5, 5.41) is 9.17. The highest BCUT2D eigenvalue weighted by molar-refractivity contribution is 9.10. The average Bonchev–Trinajstić information content (AvgIpc) is 2.57. The van der Waals surface area contributed by atoms with Crippen LogP contribution in [0.5, 0.6) is 0 Å². The third-order valence-corrected chi connectivity index (χ3v) is 4.26. The molecule has 1 aromatic heterocycles. The summed E-state index contributed by atoms with van der Waals surface area (Å²) in [5.74, 6) is -1.82. The predicted octanol–water partition coefficient (Wildman–Crippen LogP) is 2.20. The van der Waals surface area contributed by atoms with E-state index < -0.39 is 29.6 Å². The van der Waals surface area contributed by atoms with E-state index in [0.717, 1.165) is 0 Å². The first-order valence-corrected chi connectivity index (χ1v) is 8.06. The summed E-state index contributed by atoms with van der Waals surface area (Å²) >= 11 is 3.17. The molecule has 3 rings (SSSR count). The van der Waals surface area contributed by atoms with Gasteiger partial charge in [0, 0.05) is 10.0 Å². The first-order valence-electron chi connectivity index (χ1n) is 7.26. The van der Waals surface area contributed by atoms with Crippen molar-refractivity contribution >= 4 is 32.8 Å². The highest BCUT2D eigenvalue weighted by Gasteiger charge is 2.16. The molecule has 0 radical (unpaired) electrons. The molecular formula is C17H12BrFN2O4. The molecule has 0 atom stereocenters. The first-order chi connectivity index (χ1) is 11.9. The summed E-state index contributed by atoms with van der Waals surface area (Å²) < 4.78 is 16.5. The summed E-state index contributed by atoms with van der Waals surface area (Å²) in [6.07, 6.45) is 0. The third-order valence-electron chi connectivity index (χ3n) is 3.77. The molecule has 0 spiro atoms. The maximum absolute atomic E-state index is 14.1. The van der Waals surface area contributed by atoms with Crippen LogP contribution in [0.15, 0.2) is 56.5 Å². The number of carboxylic acid groups (broad SMARTS) is 1. The van der Waals surface area contributed by atoms with Crippen LogP contribution in [0.2, 0.25) is 0 Å². The topological polar surface area (TPSA) is 81.3 Å². The van der Waals surface area contributed by atoms with Gasteiger partial charge in [0.1, 0.15) is 12.4 Å². The molecule has 2 aromatic carbocycles. The quantitative estimate of drug-likeness (QED) is 0.719. The van der Waals surface area contributed by atoms with E-state index in [1.54, 1.807) is 24.3 Å². The van der Waals surface area contributed by atoms with Crippen molar-refractivity contribution in [2.24, 2.45) is 0 Å². The van der Waals surface area contributed by atoms with E-state index in [0.29, 0.717) is 14.6 Å². The van der Waals surface area contributed by atoms with Gasteiger partial charge in [-0.1, -0.05) is 34.1 Å². The minimum atomic E-state index is -1.31. The van der Waals surface area contributed by atoms with E-state index in [9.17, 15) is 18.8 Å². The summed E-state index contributed by atoms with van der Waals surface area (Å²) in [4.78, 5) is 36.1. The van der Waals surface area contributed by atoms with Gasteiger partial charge in [-0.25, -0.2) is 13.8 Å². The number of carbonyl (C=O) groups is 1. The molecule has 1 N–H and O–H groups in total. The minimum Gasteiger partial charge on any atom is -0.480 e. The van der Waals surface area contributed by atoms with E-state index in [4.69, 9.17) is 5.11 Å². The van der Waals surface area contributed by atoms with Gasteiger partial charge >= 0.3 is 11.7 Å². The fourth-order valence-electron chi connectivity index (χ4n) is 2.62. The van der Waals surface area contributed by atoms with Crippen molar-refractivity contribution in [3.63, 3.8) is 0 Å². The van der Waals surface area contributed by atoms with Crippen LogP contribution in [0.1, 0.15) is 5.56 Å². The molecule has 3 aromatic rings. The molecule has 1 heterocycles. The lowest BCUT2D eigenvalue weighted by atomic mass is 10.2. The standard InChI is InChI=1S/C17H12BrFN2O4/c18-11-6-5-10(13(19)7-11)8-20-14-4-2-1-3-12(14)16(24)21(17(20)25)9-15(22)23/h1-7H,8-9H2,(H,22,23). The second kappa shape index (κ2) is 6.64. The number of nitrogens with zero attached hydrogens (tertiary/aromatic N) is 2. The Kier molecular flexibility index (Phi) is 4.54. The van der Waals surface area contributed by atoms with E-state index in [-0.39, 0.29) is 17.5 Å². The SMILES string of the molecule is O=C(O)Cn1c(=O)c2ccccc2n(Cc2ccc(Br)cc2F)c1=O. The predicted molar refractivity (Wildman–Crippen MR) is 93.3 cm³/mol. The van der Waals surface area contributed by atoms with E-state index in [2.05, 4.69) is 15.9 Å². The van der Waals surface area contributed by atoms with Crippen molar-refractivity contribution in [3.8, 4) is 0 Å². The van der Waals surface area contributed by atoms with Gasteiger partial charge < -0.3 is 5.11 Å². The zero-order chi connectivity index (χ0) is 18.1. The Balaban J connectivity index is 2.28. The number of carboxylic acids is 1. The largest absolute Gasteiger partial charge is 0.480 e. The normalized spacial score (nSPS) is 11.0. The van der Waals surface area contributed by atoms with Gasteiger partial charge in [-0.2, -0.15) is 0 Å². The highest BCUT2D eigenvalue weighted by atomic mass is 79.9. The second-order valence-electron chi connectivity index (χ2n) is 5.41. The number of fused-ring (bicyclic) bond motifs is 1. The molecule has 0 amide bonds. The number of halogens is 2. The zero-order valence-corrected chi connectivity index (χ0v) is 14.4. The molecule has 25 heavy (non-hydrogen) atoms. The van der Waals surface area contributed by atoms with Gasteiger partial charge in [0.05, 0.1) is 17.4 Å². The van der Waals surface area contributed by atoms with Crippen molar-refractivity contribution < 1.29 is 14.3 Å². The van der Waals surface area contributed by atoms with E-state index >= 15 is 0 Å². The molecule has 0 aliphatic carbocycles. The van der Waals surface area contributed by atoms with Crippen molar-refractivity contribution in [1.29, 1.82) is 0 Å². The molecule has 8 heteroatoms. The highest BCUT2D eigenvalue weighted by Crippen LogP contribution is 2.17. The monoisotopic (exact) mass is 406 g/mol. The Morgan fingerprint density at radius 3 is 2.52 bits per heavy atom. The van der Waals surface area contributed by atoms with Gasteiger partial charge in [0.2, 0.25) is 0 Å². The minimum absolute atomic E-state index is 0.127. The fraction of sp³-hybridized carbons (Fsp3) is 0.118. The molecular weight excluding hydrogens is 395 g/mol. The van der Waals surface area contributed by atoms with Crippen LogP contribution in [0.25, 0.3) is 10.9 Å². The molecule has 0 aliphatic heterocycles. The van der Waals surface area contributed by atoms with E-state index in [1.807, 2.05) is 0 Å². The summed E-state index contributed by atoms with van der Waals surface area (Å²) in [5.41, 5.74) is -0.915. The van der Waals surface area contributed by atoms with Crippen LogP contribution in [0.4, 0.5) is 4.39 Å². The molecule has 0 bridgehead atoms. The number of para-hydroxylation sites is 1. The Bertz CT molecular complexity index is 1100. The smallest absolute Gasteiger partial charge is 0.332 e. The Labute approximate surface area is 148 Å². The first kappa shape index (κ1) is 17.1. The Morgan fingerprint density at radius 1 is 1.12 bits per heavy atom. The molecule has 128 valence electrons. The van der Waals surface area contributed by atoms with Gasteiger partial charge in [0.25, 0.3) is 5.56 Å². The average molecular weight is 407 g/mol. The lowest BCUT2D eigenvalue weighted by Gasteiger charge is -2.13. The van der Waals surface area contributed by atoms with Crippen LogP contribution in [-0.2, 0) is 17.9 Å². The van der Waals surface area contributed by atoms with Crippen LogP contribution >= 0.6 is 15.9 Å². The molecule has 0 saturated carbocycles. The zero-order valence-electron chi connectivity index (χ0n) is 12.8. The fourth-order valence-corrected chi connectivity index (χ4v) is 2.95. The van der Waals surface area contributed by atoms with Gasteiger partial charge in [-0.3, -0.25) is 14.2 Å². The number of hydrogen-bond acceptors (Lipinski definition) is 3. The maximum Gasteiger partial charge on any atom is 0.332 e. The second-order valence-corrected chi connectivity index (χ2v) is 6.32. The van der Waals surface area contributed by atoms with Crippen LogP contribution in [0, 0.1) is 5.82 Å². The lowest BCUT2D eigenvalue weighted by molar-refractivity contribution is -0.137. The number of aliphatic carboxylic acids is 1. The maximum atomic E-state index is 14.1. The van der Waals surface area contributed by atoms with Gasteiger partial charge in [-0.15, -0.1) is 0 Å². The molecule has 0 fully saturated rings. The number of hydrogen-bond donors (Lipinski definition) is 1. The summed E-state index contributed by atoms with van der Waals surface area (Å²) in [6.45, 7) is -0.885.